The normalized spacial score (nSPS) is 18.7. The maximum absolute atomic E-state index is 12.7. The van der Waals surface area contributed by atoms with Crippen molar-refractivity contribution >= 4 is 28.2 Å². The van der Waals surface area contributed by atoms with Crippen LogP contribution in [0.15, 0.2) is 46.3 Å². The Hall–Kier alpha value is -2.14. The second-order valence-electron chi connectivity index (χ2n) is 5.61. The molecule has 22 heavy (non-hydrogen) atoms. The van der Waals surface area contributed by atoms with Gasteiger partial charge in [0.15, 0.2) is 5.76 Å². The van der Waals surface area contributed by atoms with Gasteiger partial charge in [-0.2, -0.15) is 0 Å². The van der Waals surface area contributed by atoms with Gasteiger partial charge < -0.3 is 9.32 Å². The van der Waals surface area contributed by atoms with Crippen molar-refractivity contribution in [2.24, 2.45) is 0 Å². The van der Waals surface area contributed by atoms with E-state index >= 15 is 0 Å². The second kappa shape index (κ2) is 5.57. The van der Waals surface area contributed by atoms with Gasteiger partial charge in [-0.3, -0.25) is 4.79 Å². The van der Waals surface area contributed by atoms with E-state index in [2.05, 4.69) is 4.98 Å². The number of para-hydroxylation sites is 1. The first-order chi connectivity index (χ1) is 10.8. The summed E-state index contributed by atoms with van der Waals surface area (Å²) in [4.78, 5) is 19.0. The summed E-state index contributed by atoms with van der Waals surface area (Å²) in [5, 5.41) is 4.09. The molecule has 5 heteroatoms. The molecule has 112 valence electrons. The van der Waals surface area contributed by atoms with Crippen molar-refractivity contribution in [3.63, 3.8) is 0 Å². The van der Waals surface area contributed by atoms with Gasteiger partial charge in [-0.1, -0.05) is 18.2 Å². The summed E-state index contributed by atoms with van der Waals surface area (Å²) in [5.41, 5.74) is 0.763. The Morgan fingerprint density at radius 1 is 1.36 bits per heavy atom. The molecule has 4 nitrogen and oxygen atoms in total. The number of hydrogen-bond acceptors (Lipinski definition) is 4. The fourth-order valence-corrected chi connectivity index (χ4v) is 3.81. The number of fused-ring (bicyclic) bond motifs is 1. The number of thiazole rings is 1. The summed E-state index contributed by atoms with van der Waals surface area (Å²) in [6, 6.07) is 9.56. The number of nitrogens with zero attached hydrogens (tertiary/aromatic N) is 2. The lowest BCUT2D eigenvalue weighted by molar-refractivity contribution is 0.0677. The fraction of sp³-hybridized carbons (Fsp3) is 0.294. The van der Waals surface area contributed by atoms with Gasteiger partial charge in [-0.25, -0.2) is 4.98 Å². The van der Waals surface area contributed by atoms with E-state index in [9.17, 15) is 4.79 Å². The van der Waals surface area contributed by atoms with Crippen LogP contribution in [-0.2, 0) is 0 Å². The molecule has 1 atom stereocenters. The molecule has 1 amide bonds. The number of carbonyl (C=O) groups is 1. The Morgan fingerprint density at radius 2 is 2.27 bits per heavy atom. The first-order valence-corrected chi connectivity index (χ1v) is 8.36. The molecule has 1 fully saturated rings. The molecule has 3 heterocycles. The minimum absolute atomic E-state index is 0.0162. The largest absolute Gasteiger partial charge is 0.451 e. The van der Waals surface area contributed by atoms with Crippen LogP contribution in [0, 0.1) is 0 Å². The van der Waals surface area contributed by atoms with Crippen LogP contribution in [0.5, 0.6) is 0 Å². The summed E-state index contributed by atoms with van der Waals surface area (Å²) in [6.07, 6.45) is 3.94. The van der Waals surface area contributed by atoms with Crippen molar-refractivity contribution < 1.29 is 9.21 Å². The summed E-state index contributed by atoms with van der Waals surface area (Å²) in [6.45, 7) is 1.52. The fourth-order valence-electron chi connectivity index (χ4n) is 3.04. The van der Waals surface area contributed by atoms with Gasteiger partial charge >= 0.3 is 0 Å². The first kappa shape index (κ1) is 13.5. The number of hydrogen-bond donors (Lipinski definition) is 0. The van der Waals surface area contributed by atoms with Crippen molar-refractivity contribution in [1.29, 1.82) is 0 Å². The SMILES string of the molecule is O=C(c1cc2ccccc2o1)N1CCCC(c2nccs2)C1. The molecule has 0 saturated carbocycles. The Labute approximate surface area is 132 Å². The van der Waals surface area contributed by atoms with Crippen molar-refractivity contribution in [3.05, 3.63) is 52.7 Å². The highest BCUT2D eigenvalue weighted by Gasteiger charge is 2.28. The molecule has 1 aromatic carbocycles. The lowest BCUT2D eigenvalue weighted by Gasteiger charge is -2.31. The molecular weight excluding hydrogens is 296 g/mol. The van der Waals surface area contributed by atoms with Crippen LogP contribution < -0.4 is 0 Å². The number of benzene rings is 1. The van der Waals surface area contributed by atoms with E-state index in [1.165, 1.54) is 0 Å². The molecule has 3 aromatic rings. The first-order valence-electron chi connectivity index (χ1n) is 7.48. The van der Waals surface area contributed by atoms with Gasteiger partial charge in [0.25, 0.3) is 5.91 Å². The van der Waals surface area contributed by atoms with Gasteiger partial charge in [0.05, 0.1) is 5.01 Å². The third-order valence-corrected chi connectivity index (χ3v) is 5.08. The monoisotopic (exact) mass is 312 g/mol. The van der Waals surface area contributed by atoms with Crippen LogP contribution in [0.2, 0.25) is 0 Å². The number of likely N-dealkylation sites (tertiary alicyclic amines) is 1. The number of piperidine rings is 1. The predicted octanol–water partition coefficient (Wildman–Crippen LogP) is 3.91. The Morgan fingerprint density at radius 3 is 3.09 bits per heavy atom. The molecular formula is C17H16N2O2S. The van der Waals surface area contributed by atoms with Gasteiger partial charge in [0.2, 0.25) is 0 Å². The van der Waals surface area contributed by atoms with Gasteiger partial charge in [-0.15, -0.1) is 11.3 Å². The van der Waals surface area contributed by atoms with Gasteiger partial charge in [-0.05, 0) is 25.0 Å². The summed E-state index contributed by atoms with van der Waals surface area (Å²) in [7, 11) is 0. The van der Waals surface area contributed by atoms with Crippen molar-refractivity contribution in [3.8, 4) is 0 Å². The van der Waals surface area contributed by atoms with E-state index in [0.29, 0.717) is 11.7 Å². The molecule has 0 radical (unpaired) electrons. The number of carbonyl (C=O) groups excluding carboxylic acids is 1. The summed E-state index contributed by atoms with van der Waals surface area (Å²) < 4.78 is 5.70. The Balaban J connectivity index is 1.56. The minimum atomic E-state index is -0.0162. The quantitative estimate of drug-likeness (QED) is 0.721. The molecule has 0 aliphatic carbocycles. The molecule has 1 saturated heterocycles. The van der Waals surface area contributed by atoms with Crippen LogP contribution in [0.1, 0.15) is 34.3 Å². The van der Waals surface area contributed by atoms with Crippen molar-refractivity contribution in [1.82, 2.24) is 9.88 Å². The number of aromatic nitrogens is 1. The van der Waals surface area contributed by atoms with Crippen molar-refractivity contribution in [2.45, 2.75) is 18.8 Å². The average Bonchev–Trinajstić information content (AvgIpc) is 3.23. The van der Waals surface area contributed by atoms with Crippen LogP contribution in [-0.4, -0.2) is 28.9 Å². The Kier molecular flexibility index (Phi) is 3.42. The van der Waals surface area contributed by atoms with Crippen LogP contribution in [0.4, 0.5) is 0 Å². The zero-order valence-electron chi connectivity index (χ0n) is 12.1. The molecule has 2 aromatic heterocycles. The minimum Gasteiger partial charge on any atom is -0.451 e. The maximum atomic E-state index is 12.7. The van der Waals surface area contributed by atoms with Crippen LogP contribution in [0.25, 0.3) is 11.0 Å². The van der Waals surface area contributed by atoms with E-state index in [1.54, 1.807) is 11.3 Å². The molecule has 1 aliphatic heterocycles. The molecule has 1 aliphatic rings. The molecule has 1 unspecified atom stereocenters. The summed E-state index contributed by atoms with van der Waals surface area (Å²) >= 11 is 1.67. The Bertz CT molecular complexity index is 761. The standard InChI is InChI=1S/C17H16N2O2S/c20-17(15-10-12-4-1-2-6-14(12)21-15)19-8-3-5-13(11-19)16-18-7-9-22-16/h1-2,4,6-7,9-10,13H,3,5,8,11H2. The smallest absolute Gasteiger partial charge is 0.289 e. The van der Waals surface area contributed by atoms with Gasteiger partial charge in [0, 0.05) is 36.0 Å². The zero-order valence-corrected chi connectivity index (χ0v) is 12.9. The highest BCUT2D eigenvalue weighted by atomic mass is 32.1. The molecule has 0 bridgehead atoms. The second-order valence-corrected chi connectivity index (χ2v) is 6.54. The number of furan rings is 1. The maximum Gasteiger partial charge on any atom is 0.289 e. The van der Waals surface area contributed by atoms with Crippen molar-refractivity contribution in [2.75, 3.05) is 13.1 Å². The zero-order chi connectivity index (χ0) is 14.9. The van der Waals surface area contributed by atoms with Crippen LogP contribution in [0.3, 0.4) is 0 Å². The lowest BCUT2D eigenvalue weighted by Crippen LogP contribution is -2.38. The number of amides is 1. The lowest BCUT2D eigenvalue weighted by atomic mass is 9.98. The average molecular weight is 312 g/mol. The third-order valence-electron chi connectivity index (χ3n) is 4.15. The van der Waals surface area contributed by atoms with E-state index in [4.69, 9.17) is 4.42 Å². The van der Waals surface area contributed by atoms with Crippen LogP contribution >= 0.6 is 11.3 Å². The van der Waals surface area contributed by atoms with E-state index in [0.717, 1.165) is 41.9 Å². The molecule has 4 rings (SSSR count). The molecule has 0 spiro atoms. The van der Waals surface area contributed by atoms with Gasteiger partial charge in [0.1, 0.15) is 5.58 Å². The third kappa shape index (κ3) is 2.41. The predicted molar refractivity (Wildman–Crippen MR) is 86.2 cm³/mol. The highest BCUT2D eigenvalue weighted by molar-refractivity contribution is 7.09. The van der Waals surface area contributed by atoms with E-state index < -0.39 is 0 Å². The number of rotatable bonds is 2. The van der Waals surface area contributed by atoms with E-state index in [1.807, 2.05) is 46.8 Å². The molecule has 0 N–H and O–H groups in total. The van der Waals surface area contributed by atoms with E-state index in [-0.39, 0.29) is 5.91 Å². The summed E-state index contributed by atoms with van der Waals surface area (Å²) in [5.74, 6) is 0.764. The highest BCUT2D eigenvalue weighted by Crippen LogP contribution is 2.29. The topological polar surface area (TPSA) is 46.3 Å².